The van der Waals surface area contributed by atoms with Gasteiger partial charge >= 0.3 is 0 Å². The summed E-state index contributed by atoms with van der Waals surface area (Å²) < 4.78 is 34.6. The van der Waals surface area contributed by atoms with Gasteiger partial charge in [-0.3, -0.25) is 0 Å². The lowest BCUT2D eigenvalue weighted by Gasteiger charge is -2.34. The molecule has 0 saturated carbocycles. The summed E-state index contributed by atoms with van der Waals surface area (Å²) in [6, 6.07) is 7.72. The van der Waals surface area contributed by atoms with Crippen molar-refractivity contribution in [1.82, 2.24) is 8.61 Å². The topological polar surface area (TPSA) is 49.9 Å². The van der Waals surface area contributed by atoms with E-state index in [0.717, 1.165) is 37.0 Å². The molecular formula is C17H26N2O3S. The van der Waals surface area contributed by atoms with Crippen LogP contribution in [-0.4, -0.2) is 43.8 Å². The number of hydrogen-bond donors (Lipinski definition) is 0. The van der Waals surface area contributed by atoms with Crippen LogP contribution >= 0.6 is 0 Å². The highest BCUT2D eigenvalue weighted by molar-refractivity contribution is 7.86. The van der Waals surface area contributed by atoms with Crippen molar-refractivity contribution in [3.05, 3.63) is 29.8 Å². The molecule has 0 unspecified atom stereocenters. The minimum atomic E-state index is -3.36. The van der Waals surface area contributed by atoms with E-state index >= 15 is 0 Å². The lowest BCUT2D eigenvalue weighted by molar-refractivity contribution is 0.260. The van der Waals surface area contributed by atoms with Crippen molar-refractivity contribution in [2.45, 2.75) is 38.6 Å². The first-order chi connectivity index (χ1) is 11.0. The Morgan fingerprint density at radius 1 is 1.04 bits per heavy atom. The highest BCUT2D eigenvalue weighted by Crippen LogP contribution is 2.36. The zero-order chi connectivity index (χ0) is 16.4. The third-order valence-electron chi connectivity index (χ3n) is 5.07. The van der Waals surface area contributed by atoms with Crippen LogP contribution in [0.3, 0.4) is 0 Å². The van der Waals surface area contributed by atoms with Gasteiger partial charge in [0.2, 0.25) is 0 Å². The molecule has 5 nitrogen and oxygen atoms in total. The summed E-state index contributed by atoms with van der Waals surface area (Å²) in [5.74, 6) is 1.42. The van der Waals surface area contributed by atoms with Gasteiger partial charge in [0.05, 0.1) is 13.2 Å². The zero-order valence-corrected chi connectivity index (χ0v) is 14.8. The summed E-state index contributed by atoms with van der Waals surface area (Å²) in [5, 5.41) is 0. The molecule has 3 rings (SSSR count). The maximum atomic E-state index is 13.0. The van der Waals surface area contributed by atoms with Gasteiger partial charge in [0.15, 0.2) is 0 Å². The molecule has 0 bridgehead atoms. The second-order valence-electron chi connectivity index (χ2n) is 6.63. The predicted molar refractivity (Wildman–Crippen MR) is 90.6 cm³/mol. The number of nitrogens with zero attached hydrogens (tertiary/aromatic N) is 2. The molecule has 128 valence electrons. The van der Waals surface area contributed by atoms with Crippen LogP contribution in [0.1, 0.15) is 44.2 Å². The van der Waals surface area contributed by atoms with E-state index in [2.05, 4.69) is 6.92 Å². The van der Waals surface area contributed by atoms with Crippen LogP contribution < -0.4 is 4.74 Å². The lowest BCUT2D eigenvalue weighted by atomic mass is 10.0. The van der Waals surface area contributed by atoms with E-state index in [4.69, 9.17) is 4.74 Å². The Labute approximate surface area is 139 Å². The van der Waals surface area contributed by atoms with Crippen molar-refractivity contribution in [3.8, 4) is 5.75 Å². The minimum absolute atomic E-state index is 0.0507. The van der Waals surface area contributed by atoms with E-state index in [9.17, 15) is 8.42 Å². The maximum absolute atomic E-state index is 13.0. The van der Waals surface area contributed by atoms with Gasteiger partial charge in [0.1, 0.15) is 5.75 Å². The molecule has 0 aromatic heterocycles. The molecule has 1 aromatic rings. The predicted octanol–water partition coefficient (Wildman–Crippen LogP) is 2.81. The van der Waals surface area contributed by atoms with Crippen molar-refractivity contribution in [1.29, 1.82) is 0 Å². The minimum Gasteiger partial charge on any atom is -0.497 e. The van der Waals surface area contributed by atoms with Crippen LogP contribution in [0.2, 0.25) is 0 Å². The SMILES string of the molecule is COc1ccc([C@@H]2CCCN2S(=O)(=O)N2CCC(C)CC2)cc1. The van der Waals surface area contributed by atoms with Crippen molar-refractivity contribution in [2.24, 2.45) is 5.92 Å². The first kappa shape index (κ1) is 16.7. The molecule has 2 aliphatic rings. The second kappa shape index (κ2) is 6.79. The van der Waals surface area contributed by atoms with Gasteiger partial charge in [0.25, 0.3) is 10.2 Å². The van der Waals surface area contributed by atoms with Gasteiger partial charge in [-0.05, 0) is 49.3 Å². The third kappa shape index (κ3) is 3.39. The molecule has 0 aliphatic carbocycles. The second-order valence-corrected chi connectivity index (χ2v) is 8.51. The molecule has 2 saturated heterocycles. The monoisotopic (exact) mass is 338 g/mol. The van der Waals surface area contributed by atoms with E-state index in [1.807, 2.05) is 24.3 Å². The fourth-order valence-electron chi connectivity index (χ4n) is 3.54. The Balaban J connectivity index is 1.79. The standard InChI is InChI=1S/C17H26N2O3S/c1-14-9-12-18(13-10-14)23(20,21)19-11-3-4-17(19)15-5-7-16(22-2)8-6-15/h5-8,14,17H,3-4,9-13H2,1-2H3/t17-/m0/s1. The molecule has 2 fully saturated rings. The van der Waals surface area contributed by atoms with Crippen LogP contribution in [0.5, 0.6) is 5.75 Å². The molecule has 23 heavy (non-hydrogen) atoms. The molecule has 6 heteroatoms. The Kier molecular flexibility index (Phi) is 4.94. The number of ether oxygens (including phenoxy) is 1. The Hall–Kier alpha value is -1.11. The Bertz CT molecular complexity index is 622. The molecule has 0 radical (unpaired) electrons. The molecule has 2 aliphatic heterocycles. The molecule has 1 aromatic carbocycles. The van der Waals surface area contributed by atoms with E-state index in [0.29, 0.717) is 25.6 Å². The highest BCUT2D eigenvalue weighted by atomic mass is 32.2. The molecule has 1 atom stereocenters. The molecule has 0 amide bonds. The summed E-state index contributed by atoms with van der Waals surface area (Å²) >= 11 is 0. The number of methoxy groups -OCH3 is 1. The fraction of sp³-hybridized carbons (Fsp3) is 0.647. The van der Waals surface area contributed by atoms with Crippen LogP contribution in [0.25, 0.3) is 0 Å². The van der Waals surface area contributed by atoms with E-state index < -0.39 is 10.2 Å². The zero-order valence-electron chi connectivity index (χ0n) is 13.9. The summed E-state index contributed by atoms with van der Waals surface area (Å²) in [6.45, 7) is 4.11. The van der Waals surface area contributed by atoms with Gasteiger partial charge < -0.3 is 4.74 Å². The van der Waals surface area contributed by atoms with Gasteiger partial charge in [-0.2, -0.15) is 17.0 Å². The number of benzene rings is 1. The van der Waals surface area contributed by atoms with Gasteiger partial charge in [-0.15, -0.1) is 0 Å². The van der Waals surface area contributed by atoms with E-state index in [1.165, 1.54) is 0 Å². The lowest BCUT2D eigenvalue weighted by Crippen LogP contribution is -2.46. The van der Waals surface area contributed by atoms with Gasteiger partial charge in [-0.25, -0.2) is 0 Å². The third-order valence-corrected chi connectivity index (χ3v) is 7.12. The molecular weight excluding hydrogens is 312 g/mol. The number of piperidine rings is 1. The van der Waals surface area contributed by atoms with Crippen molar-refractivity contribution in [2.75, 3.05) is 26.7 Å². The van der Waals surface area contributed by atoms with Crippen LogP contribution in [0.4, 0.5) is 0 Å². The van der Waals surface area contributed by atoms with Gasteiger partial charge in [0, 0.05) is 19.6 Å². The number of rotatable bonds is 4. The quantitative estimate of drug-likeness (QED) is 0.848. The first-order valence-corrected chi connectivity index (χ1v) is 9.83. The van der Waals surface area contributed by atoms with E-state index in [-0.39, 0.29) is 6.04 Å². The number of hydrogen-bond acceptors (Lipinski definition) is 3. The maximum Gasteiger partial charge on any atom is 0.282 e. The first-order valence-electron chi connectivity index (χ1n) is 8.43. The summed E-state index contributed by atoms with van der Waals surface area (Å²) in [4.78, 5) is 0. The average Bonchev–Trinajstić information content (AvgIpc) is 3.06. The van der Waals surface area contributed by atoms with Crippen molar-refractivity contribution < 1.29 is 13.2 Å². The summed E-state index contributed by atoms with van der Waals surface area (Å²) in [6.07, 6.45) is 3.72. The van der Waals surface area contributed by atoms with Gasteiger partial charge in [-0.1, -0.05) is 19.1 Å². The summed E-state index contributed by atoms with van der Waals surface area (Å²) in [7, 11) is -1.73. The molecule has 0 spiro atoms. The van der Waals surface area contributed by atoms with Crippen molar-refractivity contribution >= 4 is 10.2 Å². The van der Waals surface area contributed by atoms with Crippen LogP contribution in [-0.2, 0) is 10.2 Å². The Morgan fingerprint density at radius 2 is 1.70 bits per heavy atom. The fourth-order valence-corrected chi connectivity index (χ4v) is 5.42. The van der Waals surface area contributed by atoms with Crippen LogP contribution in [0, 0.1) is 5.92 Å². The molecule has 2 heterocycles. The van der Waals surface area contributed by atoms with Crippen LogP contribution in [0.15, 0.2) is 24.3 Å². The summed E-state index contributed by atoms with van der Waals surface area (Å²) in [5.41, 5.74) is 1.05. The smallest absolute Gasteiger partial charge is 0.282 e. The normalized spacial score (nSPS) is 24.9. The Morgan fingerprint density at radius 3 is 2.30 bits per heavy atom. The van der Waals surface area contributed by atoms with Crippen molar-refractivity contribution in [3.63, 3.8) is 0 Å². The van der Waals surface area contributed by atoms with E-state index in [1.54, 1.807) is 15.7 Å². The molecule has 0 N–H and O–H groups in total. The largest absolute Gasteiger partial charge is 0.497 e. The highest BCUT2D eigenvalue weighted by Gasteiger charge is 2.39. The average molecular weight is 338 g/mol.